The molecule has 3 aromatic rings. The third kappa shape index (κ3) is 3.46. The quantitative estimate of drug-likeness (QED) is 0.799. The summed E-state index contributed by atoms with van der Waals surface area (Å²) in [7, 11) is 0. The highest BCUT2D eigenvalue weighted by molar-refractivity contribution is 6.31. The maximum absolute atomic E-state index is 13.2. The van der Waals surface area contributed by atoms with Gasteiger partial charge in [-0.05, 0) is 24.3 Å². The van der Waals surface area contributed by atoms with Crippen molar-refractivity contribution in [3.8, 4) is 11.3 Å². The molecular formula is C15H9ClFN5O. The third-order valence-electron chi connectivity index (χ3n) is 2.93. The Morgan fingerprint density at radius 1 is 1.09 bits per heavy atom. The van der Waals surface area contributed by atoms with Gasteiger partial charge in [0, 0.05) is 5.56 Å². The number of anilines is 1. The average Bonchev–Trinajstić information content (AvgIpc) is 2.58. The molecular weight excluding hydrogens is 321 g/mol. The SMILES string of the molecule is O=C(Nc1cncnc1)c1cc(-c2ccc(F)c(Cl)c2)ncn1. The van der Waals surface area contributed by atoms with Gasteiger partial charge in [-0.15, -0.1) is 0 Å². The molecule has 0 aliphatic carbocycles. The molecule has 0 saturated carbocycles. The van der Waals surface area contributed by atoms with Crippen LogP contribution in [0.1, 0.15) is 10.5 Å². The van der Waals surface area contributed by atoms with Crippen molar-refractivity contribution < 1.29 is 9.18 Å². The Hall–Kier alpha value is -2.93. The van der Waals surface area contributed by atoms with E-state index in [1.54, 1.807) is 0 Å². The predicted molar refractivity (Wildman–Crippen MR) is 82.4 cm³/mol. The number of carbonyl (C=O) groups is 1. The minimum atomic E-state index is -0.522. The number of hydrogen-bond donors (Lipinski definition) is 1. The molecule has 2 aromatic heterocycles. The van der Waals surface area contributed by atoms with Gasteiger partial charge in [0.2, 0.25) is 0 Å². The summed E-state index contributed by atoms with van der Waals surface area (Å²) in [5.41, 5.74) is 1.63. The molecule has 2 heterocycles. The smallest absolute Gasteiger partial charge is 0.274 e. The van der Waals surface area contributed by atoms with Crippen molar-refractivity contribution in [2.24, 2.45) is 0 Å². The van der Waals surface area contributed by atoms with Gasteiger partial charge in [-0.2, -0.15) is 0 Å². The van der Waals surface area contributed by atoms with Crippen molar-refractivity contribution in [3.63, 3.8) is 0 Å². The second-order valence-electron chi connectivity index (χ2n) is 4.50. The van der Waals surface area contributed by atoms with Gasteiger partial charge in [0.15, 0.2) is 0 Å². The normalized spacial score (nSPS) is 10.3. The molecule has 6 nitrogen and oxygen atoms in total. The zero-order valence-electron chi connectivity index (χ0n) is 11.6. The van der Waals surface area contributed by atoms with Crippen molar-refractivity contribution in [1.29, 1.82) is 0 Å². The van der Waals surface area contributed by atoms with Gasteiger partial charge < -0.3 is 5.32 Å². The first kappa shape index (κ1) is 15.0. The summed E-state index contributed by atoms with van der Waals surface area (Å²) in [5.74, 6) is -0.955. The molecule has 114 valence electrons. The van der Waals surface area contributed by atoms with Crippen LogP contribution in [-0.4, -0.2) is 25.8 Å². The fourth-order valence-electron chi connectivity index (χ4n) is 1.85. The molecule has 1 N–H and O–H groups in total. The second kappa shape index (κ2) is 6.45. The van der Waals surface area contributed by atoms with E-state index >= 15 is 0 Å². The molecule has 1 amide bonds. The molecule has 0 aliphatic heterocycles. The summed E-state index contributed by atoms with van der Waals surface area (Å²) in [6.07, 6.45) is 5.54. The van der Waals surface area contributed by atoms with Gasteiger partial charge in [-0.1, -0.05) is 11.6 Å². The summed E-state index contributed by atoms with van der Waals surface area (Å²) >= 11 is 5.76. The van der Waals surface area contributed by atoms with E-state index < -0.39 is 11.7 Å². The zero-order valence-corrected chi connectivity index (χ0v) is 12.3. The molecule has 0 aliphatic rings. The standard InChI is InChI=1S/C15H9ClFN5O/c16-11-3-9(1-2-12(11)17)13-4-14(21-8-20-13)15(23)22-10-5-18-7-19-6-10/h1-8H,(H,22,23). The molecule has 0 bridgehead atoms. The van der Waals surface area contributed by atoms with Gasteiger partial charge in [-0.3, -0.25) is 4.79 Å². The first-order valence-corrected chi connectivity index (χ1v) is 6.85. The number of nitrogens with zero attached hydrogens (tertiary/aromatic N) is 4. The highest BCUT2D eigenvalue weighted by Crippen LogP contribution is 2.23. The first-order valence-electron chi connectivity index (χ1n) is 6.47. The number of rotatable bonds is 3. The van der Waals surface area contributed by atoms with E-state index in [0.29, 0.717) is 16.9 Å². The van der Waals surface area contributed by atoms with Crippen LogP contribution in [0.3, 0.4) is 0 Å². The maximum Gasteiger partial charge on any atom is 0.274 e. The van der Waals surface area contributed by atoms with E-state index in [4.69, 9.17) is 11.6 Å². The van der Waals surface area contributed by atoms with Crippen molar-refractivity contribution in [1.82, 2.24) is 19.9 Å². The summed E-state index contributed by atoms with van der Waals surface area (Å²) < 4.78 is 13.2. The number of amides is 1. The van der Waals surface area contributed by atoms with Crippen molar-refractivity contribution in [2.75, 3.05) is 5.32 Å². The van der Waals surface area contributed by atoms with E-state index in [0.717, 1.165) is 0 Å². The van der Waals surface area contributed by atoms with Gasteiger partial charge in [0.05, 0.1) is 28.8 Å². The van der Waals surface area contributed by atoms with Gasteiger partial charge in [-0.25, -0.2) is 24.3 Å². The van der Waals surface area contributed by atoms with Crippen molar-refractivity contribution in [2.45, 2.75) is 0 Å². The molecule has 0 spiro atoms. The number of carbonyl (C=O) groups excluding carboxylic acids is 1. The molecule has 0 radical (unpaired) electrons. The summed E-state index contributed by atoms with van der Waals surface area (Å²) in [6.45, 7) is 0. The first-order chi connectivity index (χ1) is 11.1. The number of hydrogen-bond acceptors (Lipinski definition) is 5. The fourth-order valence-corrected chi connectivity index (χ4v) is 2.03. The average molecular weight is 330 g/mol. The predicted octanol–water partition coefficient (Wildman–Crippen LogP) is 2.98. The summed E-state index contributed by atoms with van der Waals surface area (Å²) in [5, 5.41) is 2.60. The van der Waals surface area contributed by atoms with Crippen LogP contribution >= 0.6 is 11.6 Å². The van der Waals surface area contributed by atoms with Crippen LogP contribution in [0.25, 0.3) is 11.3 Å². The largest absolute Gasteiger partial charge is 0.318 e. The highest BCUT2D eigenvalue weighted by atomic mass is 35.5. The molecule has 23 heavy (non-hydrogen) atoms. The number of benzene rings is 1. The van der Waals surface area contributed by atoms with Crippen molar-refractivity contribution in [3.05, 3.63) is 65.8 Å². The van der Waals surface area contributed by atoms with E-state index in [9.17, 15) is 9.18 Å². The van der Waals surface area contributed by atoms with Crippen LogP contribution in [0.15, 0.2) is 49.3 Å². The summed E-state index contributed by atoms with van der Waals surface area (Å²) in [4.78, 5) is 27.8. The van der Waals surface area contributed by atoms with E-state index in [1.165, 1.54) is 49.3 Å². The molecule has 0 unspecified atom stereocenters. The molecule has 1 aromatic carbocycles. The van der Waals surface area contributed by atoms with E-state index in [2.05, 4.69) is 25.3 Å². The summed E-state index contributed by atoms with van der Waals surface area (Å²) in [6, 6.07) is 5.69. The van der Waals surface area contributed by atoms with E-state index in [1.807, 2.05) is 0 Å². The Kier molecular flexibility index (Phi) is 4.20. The maximum atomic E-state index is 13.2. The van der Waals surface area contributed by atoms with Crippen LogP contribution < -0.4 is 5.32 Å². The topological polar surface area (TPSA) is 80.7 Å². The number of halogens is 2. The molecule has 8 heteroatoms. The van der Waals surface area contributed by atoms with Gasteiger partial charge in [0.25, 0.3) is 5.91 Å². The number of aromatic nitrogens is 4. The minimum absolute atomic E-state index is 0.0199. The Bertz CT molecular complexity index is 859. The number of nitrogens with one attached hydrogen (secondary N) is 1. The van der Waals surface area contributed by atoms with Crippen LogP contribution in [-0.2, 0) is 0 Å². The Labute approximate surface area is 135 Å². The molecule has 3 rings (SSSR count). The minimum Gasteiger partial charge on any atom is -0.318 e. The lowest BCUT2D eigenvalue weighted by Crippen LogP contribution is -2.14. The lowest BCUT2D eigenvalue weighted by molar-refractivity contribution is 0.102. The van der Waals surface area contributed by atoms with Crippen LogP contribution in [0.2, 0.25) is 5.02 Å². The monoisotopic (exact) mass is 329 g/mol. The highest BCUT2D eigenvalue weighted by Gasteiger charge is 2.11. The Morgan fingerprint density at radius 3 is 2.61 bits per heavy atom. The van der Waals surface area contributed by atoms with Gasteiger partial charge in [0.1, 0.15) is 24.2 Å². The van der Waals surface area contributed by atoms with Crippen LogP contribution in [0.5, 0.6) is 0 Å². The lowest BCUT2D eigenvalue weighted by Gasteiger charge is -2.06. The second-order valence-corrected chi connectivity index (χ2v) is 4.91. The van der Waals surface area contributed by atoms with Crippen molar-refractivity contribution >= 4 is 23.2 Å². The Morgan fingerprint density at radius 2 is 1.87 bits per heavy atom. The molecule has 0 fully saturated rings. The third-order valence-corrected chi connectivity index (χ3v) is 3.22. The zero-order chi connectivity index (χ0) is 16.2. The Balaban J connectivity index is 1.87. The van der Waals surface area contributed by atoms with Crippen LogP contribution in [0.4, 0.5) is 10.1 Å². The molecule has 0 atom stereocenters. The van der Waals surface area contributed by atoms with Gasteiger partial charge >= 0.3 is 0 Å². The molecule has 0 saturated heterocycles. The fraction of sp³-hybridized carbons (Fsp3) is 0. The lowest BCUT2D eigenvalue weighted by atomic mass is 10.1. The van der Waals surface area contributed by atoms with E-state index in [-0.39, 0.29) is 10.7 Å². The van der Waals surface area contributed by atoms with Crippen LogP contribution in [0, 0.1) is 5.82 Å².